The highest BCUT2D eigenvalue weighted by Gasteiger charge is 2.18. The van der Waals surface area contributed by atoms with Gasteiger partial charge < -0.3 is 20.1 Å². The molecule has 3 rings (SSSR count). The second-order valence-electron chi connectivity index (χ2n) is 8.24. The monoisotopic (exact) mass is 425 g/mol. The molecule has 6 nitrogen and oxygen atoms in total. The number of urea groups is 1. The maximum atomic E-state index is 14.0. The molecule has 1 aromatic heterocycles. The number of aromatic nitrogens is 1. The normalized spacial score (nSPS) is 11.2. The van der Waals surface area contributed by atoms with Gasteiger partial charge in [-0.15, -0.1) is 0 Å². The highest BCUT2D eigenvalue weighted by atomic mass is 19.1. The van der Waals surface area contributed by atoms with Gasteiger partial charge in [-0.2, -0.15) is 0 Å². The largest absolute Gasteiger partial charge is 0.340 e. The number of aromatic amines is 1. The molecule has 0 bridgehead atoms. The lowest BCUT2D eigenvalue weighted by molar-refractivity contribution is -0.858. The summed E-state index contributed by atoms with van der Waals surface area (Å²) in [6.07, 6.45) is 0.761. The molecule has 2 amide bonds. The molecule has 0 fully saturated rings. The van der Waals surface area contributed by atoms with Gasteiger partial charge in [0.05, 0.1) is 38.4 Å². The van der Waals surface area contributed by atoms with Crippen molar-refractivity contribution in [1.82, 2.24) is 9.88 Å². The summed E-state index contributed by atoms with van der Waals surface area (Å²) in [5.41, 5.74) is 3.35. The Morgan fingerprint density at radius 1 is 1.16 bits per heavy atom. The number of nitrogens with one attached hydrogen (secondary N) is 3. The average Bonchev–Trinajstić information content (AvgIpc) is 2.72. The predicted molar refractivity (Wildman–Crippen MR) is 122 cm³/mol. The summed E-state index contributed by atoms with van der Waals surface area (Å²) >= 11 is 0. The van der Waals surface area contributed by atoms with E-state index < -0.39 is 11.8 Å². The first-order chi connectivity index (χ1) is 14.8. The van der Waals surface area contributed by atoms with E-state index in [1.165, 1.54) is 17.0 Å². The van der Waals surface area contributed by atoms with Crippen LogP contribution < -0.4 is 15.8 Å². The standard InChI is InChI=1S/C24H29FN4O2/c1-16-10-11-18-14-19(23(30)27-22(18)17(16)2)15-29(13-7-12-28(3)4)24(31)26-21-9-6-5-8-20(21)25/h5-6,8-11,14H,7,12-13,15H2,1-4H3,(H,26,31)(H,27,30)/p+1. The van der Waals surface area contributed by atoms with Gasteiger partial charge in [0, 0.05) is 18.5 Å². The van der Waals surface area contributed by atoms with Crippen molar-refractivity contribution in [3.8, 4) is 0 Å². The summed E-state index contributed by atoms with van der Waals surface area (Å²) in [5, 5.41) is 3.56. The van der Waals surface area contributed by atoms with Gasteiger partial charge in [0.1, 0.15) is 5.82 Å². The Kier molecular flexibility index (Phi) is 7.07. The third-order valence-electron chi connectivity index (χ3n) is 5.50. The molecule has 0 saturated carbocycles. The quantitative estimate of drug-likeness (QED) is 0.545. The Labute approximate surface area is 181 Å². The number of amides is 2. The van der Waals surface area contributed by atoms with Crippen molar-refractivity contribution < 1.29 is 14.1 Å². The van der Waals surface area contributed by atoms with E-state index in [9.17, 15) is 14.0 Å². The predicted octanol–water partition coefficient (Wildman–Crippen LogP) is 2.85. The van der Waals surface area contributed by atoms with Crippen molar-refractivity contribution in [1.29, 1.82) is 0 Å². The number of hydrogen-bond acceptors (Lipinski definition) is 2. The number of quaternary nitrogens is 1. The summed E-state index contributed by atoms with van der Waals surface area (Å²) in [5.74, 6) is -0.497. The smallest absolute Gasteiger partial charge is 0.322 e. The number of carbonyl (C=O) groups is 1. The first-order valence-electron chi connectivity index (χ1n) is 10.5. The lowest BCUT2D eigenvalue weighted by Gasteiger charge is -2.23. The number of rotatable bonds is 7. The Morgan fingerprint density at radius 3 is 2.61 bits per heavy atom. The number of carbonyl (C=O) groups excluding carboxylic acids is 1. The fraction of sp³-hybridized carbons (Fsp3) is 0.333. The van der Waals surface area contributed by atoms with E-state index in [2.05, 4.69) is 10.3 Å². The number of halogens is 1. The van der Waals surface area contributed by atoms with Crippen LogP contribution in [0, 0.1) is 19.7 Å². The van der Waals surface area contributed by atoms with Crippen LogP contribution in [0.4, 0.5) is 14.9 Å². The number of pyridine rings is 1. The molecule has 0 aliphatic rings. The minimum Gasteiger partial charge on any atom is -0.340 e. The number of H-pyrrole nitrogens is 1. The van der Waals surface area contributed by atoms with Gasteiger partial charge in [-0.1, -0.05) is 24.3 Å². The molecule has 0 atom stereocenters. The van der Waals surface area contributed by atoms with Crippen LogP contribution in [0.1, 0.15) is 23.1 Å². The topological polar surface area (TPSA) is 69.6 Å². The highest BCUT2D eigenvalue weighted by Crippen LogP contribution is 2.20. The Bertz CT molecular complexity index is 1140. The lowest BCUT2D eigenvalue weighted by atomic mass is 10.0. The van der Waals surface area contributed by atoms with Crippen LogP contribution in [0.15, 0.2) is 47.3 Å². The molecular weight excluding hydrogens is 395 g/mol. The van der Waals surface area contributed by atoms with E-state index in [0.717, 1.165) is 35.0 Å². The van der Waals surface area contributed by atoms with Gasteiger partial charge in [-0.3, -0.25) is 4.79 Å². The Balaban J connectivity index is 1.88. The van der Waals surface area contributed by atoms with Gasteiger partial charge in [0.25, 0.3) is 5.56 Å². The van der Waals surface area contributed by atoms with Crippen LogP contribution in [0.2, 0.25) is 0 Å². The molecule has 1 heterocycles. The number of nitrogens with zero attached hydrogens (tertiary/aromatic N) is 1. The number of aryl methyl sites for hydroxylation is 2. The average molecular weight is 426 g/mol. The second kappa shape index (κ2) is 9.75. The van der Waals surface area contributed by atoms with Crippen molar-refractivity contribution in [3.05, 3.63) is 75.3 Å². The van der Waals surface area contributed by atoms with Gasteiger partial charge in [0.2, 0.25) is 0 Å². The zero-order valence-electron chi connectivity index (χ0n) is 18.5. The van der Waals surface area contributed by atoms with Crippen molar-refractivity contribution in [3.63, 3.8) is 0 Å². The highest BCUT2D eigenvalue weighted by molar-refractivity contribution is 5.89. The van der Waals surface area contributed by atoms with Crippen LogP contribution in [0.3, 0.4) is 0 Å². The van der Waals surface area contributed by atoms with Crippen LogP contribution >= 0.6 is 0 Å². The molecule has 3 N–H and O–H groups in total. The third kappa shape index (κ3) is 5.49. The first-order valence-corrected chi connectivity index (χ1v) is 10.5. The lowest BCUT2D eigenvalue weighted by Crippen LogP contribution is -3.05. The van der Waals surface area contributed by atoms with Crippen molar-refractivity contribution in [2.75, 3.05) is 32.5 Å². The molecule has 0 radical (unpaired) electrons. The first kappa shape index (κ1) is 22.5. The number of hydrogen-bond donors (Lipinski definition) is 3. The van der Waals surface area contributed by atoms with Crippen LogP contribution in [-0.4, -0.2) is 43.1 Å². The molecule has 0 unspecified atom stereocenters. The maximum absolute atomic E-state index is 14.0. The molecule has 0 aliphatic carbocycles. The van der Waals surface area contributed by atoms with Crippen molar-refractivity contribution in [2.24, 2.45) is 0 Å². The number of benzene rings is 2. The molecule has 164 valence electrons. The number of anilines is 1. The van der Waals surface area contributed by atoms with E-state index in [-0.39, 0.29) is 17.8 Å². The summed E-state index contributed by atoms with van der Waals surface area (Å²) < 4.78 is 14.0. The molecule has 0 spiro atoms. The van der Waals surface area contributed by atoms with Crippen molar-refractivity contribution in [2.45, 2.75) is 26.8 Å². The fourth-order valence-corrected chi connectivity index (χ4v) is 3.53. The number of fused-ring (bicyclic) bond motifs is 1. The molecule has 0 aliphatic heterocycles. The molecule has 7 heteroatoms. The van der Waals surface area contributed by atoms with Crippen LogP contribution in [0.25, 0.3) is 10.9 Å². The molecule has 0 saturated heterocycles. The third-order valence-corrected chi connectivity index (χ3v) is 5.50. The van der Waals surface area contributed by atoms with E-state index in [0.29, 0.717) is 12.1 Å². The van der Waals surface area contributed by atoms with Gasteiger partial charge in [-0.05, 0) is 48.6 Å². The minimum atomic E-state index is -0.497. The van der Waals surface area contributed by atoms with Gasteiger partial charge >= 0.3 is 6.03 Å². The van der Waals surface area contributed by atoms with Gasteiger partial charge in [0.15, 0.2) is 0 Å². The van der Waals surface area contributed by atoms with Crippen LogP contribution in [-0.2, 0) is 6.54 Å². The van der Waals surface area contributed by atoms with E-state index in [1.54, 1.807) is 17.0 Å². The fourth-order valence-electron chi connectivity index (χ4n) is 3.53. The van der Waals surface area contributed by atoms with E-state index in [1.807, 2.05) is 46.1 Å². The maximum Gasteiger partial charge on any atom is 0.322 e. The molecule has 3 aromatic rings. The summed E-state index contributed by atoms with van der Waals surface area (Å²) in [7, 11) is 4.09. The SMILES string of the molecule is Cc1ccc2cc(CN(CCC[NH+](C)C)C(=O)Nc3ccccc3F)c(=O)[nH]c2c1C. The van der Waals surface area contributed by atoms with Crippen molar-refractivity contribution >= 4 is 22.6 Å². The zero-order chi connectivity index (χ0) is 22.5. The molecule has 2 aromatic carbocycles. The van der Waals surface area contributed by atoms with Crippen LogP contribution in [0.5, 0.6) is 0 Å². The van der Waals surface area contributed by atoms with Gasteiger partial charge in [-0.25, -0.2) is 9.18 Å². The second-order valence-corrected chi connectivity index (χ2v) is 8.24. The number of para-hydroxylation sites is 1. The molecule has 31 heavy (non-hydrogen) atoms. The minimum absolute atomic E-state index is 0.120. The summed E-state index contributed by atoms with van der Waals surface area (Å²) in [4.78, 5) is 31.5. The summed E-state index contributed by atoms with van der Waals surface area (Å²) in [6, 6.07) is 11.4. The Hall–Kier alpha value is -3.19. The van der Waals surface area contributed by atoms with E-state index in [4.69, 9.17) is 0 Å². The molecular formula is C24H30FN4O2+. The summed E-state index contributed by atoms with van der Waals surface area (Å²) in [6.45, 7) is 5.45. The Morgan fingerprint density at radius 2 is 1.90 bits per heavy atom. The van der Waals surface area contributed by atoms with E-state index >= 15 is 0 Å². The zero-order valence-corrected chi connectivity index (χ0v) is 18.5.